The number of halogens is 1. The molecule has 0 saturated heterocycles. The summed E-state index contributed by atoms with van der Waals surface area (Å²) in [5.41, 5.74) is 0.583. The maximum atomic E-state index is 12.0. The Morgan fingerprint density at radius 2 is 2.11 bits per heavy atom. The molecular weight excluding hydrogens is 260 g/mol. The maximum absolute atomic E-state index is 12.0. The summed E-state index contributed by atoms with van der Waals surface area (Å²) in [6.45, 7) is 2.24. The van der Waals surface area contributed by atoms with E-state index in [1.807, 2.05) is 0 Å². The number of hydrogen-bond donors (Lipinski definition) is 1. The summed E-state index contributed by atoms with van der Waals surface area (Å²) in [4.78, 5) is 16.0. The topological polar surface area (TPSA) is 42.0 Å². The van der Waals surface area contributed by atoms with Gasteiger partial charge in [-0.2, -0.15) is 0 Å². The van der Waals surface area contributed by atoms with Crippen LogP contribution >= 0.6 is 11.6 Å². The smallest absolute Gasteiger partial charge is 0.253 e. The lowest BCUT2D eigenvalue weighted by Crippen LogP contribution is -2.37. The van der Waals surface area contributed by atoms with Gasteiger partial charge in [0.1, 0.15) is 5.15 Å². The fourth-order valence-corrected chi connectivity index (χ4v) is 2.89. The molecule has 1 fully saturated rings. The summed E-state index contributed by atoms with van der Waals surface area (Å²) in [5.74, 6) is 0.818. The van der Waals surface area contributed by atoms with Gasteiger partial charge in [-0.15, -0.1) is 0 Å². The Morgan fingerprint density at radius 3 is 2.68 bits per heavy atom. The minimum Gasteiger partial charge on any atom is -0.349 e. The van der Waals surface area contributed by atoms with Crippen LogP contribution in [0.1, 0.15) is 55.8 Å². The summed E-state index contributed by atoms with van der Waals surface area (Å²) in [6, 6.07) is 3.68. The molecule has 19 heavy (non-hydrogen) atoms. The van der Waals surface area contributed by atoms with E-state index in [0.717, 1.165) is 18.8 Å². The molecule has 0 aromatic carbocycles. The third-order valence-electron chi connectivity index (χ3n) is 3.87. The van der Waals surface area contributed by atoms with Crippen molar-refractivity contribution in [2.75, 3.05) is 0 Å². The van der Waals surface area contributed by atoms with Crippen molar-refractivity contribution in [3.63, 3.8) is 0 Å². The zero-order chi connectivity index (χ0) is 13.7. The zero-order valence-electron chi connectivity index (χ0n) is 11.4. The standard InChI is InChI=1S/C15H21ClN2O/c1-2-3-11-4-7-13(8-5-11)18-15(19)12-6-9-14(16)17-10-12/h6,9-11,13H,2-5,7-8H2,1H3,(H,18,19). The van der Waals surface area contributed by atoms with Crippen LogP contribution in [-0.4, -0.2) is 16.9 Å². The molecule has 2 rings (SSSR count). The Hall–Kier alpha value is -1.09. The normalized spacial score (nSPS) is 23.1. The number of pyridine rings is 1. The van der Waals surface area contributed by atoms with Crippen LogP contribution in [-0.2, 0) is 0 Å². The van der Waals surface area contributed by atoms with Gasteiger partial charge in [0.15, 0.2) is 0 Å². The molecule has 1 aliphatic carbocycles. The average Bonchev–Trinajstić information content (AvgIpc) is 2.42. The Labute approximate surface area is 119 Å². The van der Waals surface area contributed by atoms with Crippen LogP contribution in [0.4, 0.5) is 0 Å². The summed E-state index contributed by atoms with van der Waals surface area (Å²) in [7, 11) is 0. The Kier molecular flexibility index (Phi) is 5.20. The van der Waals surface area contributed by atoms with Crippen LogP contribution in [0, 0.1) is 5.92 Å². The van der Waals surface area contributed by atoms with Gasteiger partial charge in [-0.05, 0) is 43.7 Å². The van der Waals surface area contributed by atoms with E-state index in [9.17, 15) is 4.79 Å². The highest BCUT2D eigenvalue weighted by Gasteiger charge is 2.22. The van der Waals surface area contributed by atoms with Gasteiger partial charge >= 0.3 is 0 Å². The van der Waals surface area contributed by atoms with Crippen LogP contribution in [0.2, 0.25) is 5.15 Å². The van der Waals surface area contributed by atoms with Crippen molar-refractivity contribution in [3.05, 3.63) is 29.0 Å². The van der Waals surface area contributed by atoms with Crippen LogP contribution in [0.3, 0.4) is 0 Å². The number of carbonyl (C=O) groups is 1. The second kappa shape index (κ2) is 6.90. The van der Waals surface area contributed by atoms with Crippen molar-refractivity contribution in [1.29, 1.82) is 0 Å². The lowest BCUT2D eigenvalue weighted by atomic mass is 9.83. The van der Waals surface area contributed by atoms with Gasteiger partial charge in [-0.25, -0.2) is 4.98 Å². The van der Waals surface area contributed by atoms with Gasteiger partial charge in [0.2, 0.25) is 0 Å². The third-order valence-corrected chi connectivity index (χ3v) is 4.09. The number of hydrogen-bond acceptors (Lipinski definition) is 2. The lowest BCUT2D eigenvalue weighted by molar-refractivity contribution is 0.0921. The summed E-state index contributed by atoms with van der Waals surface area (Å²) < 4.78 is 0. The molecule has 0 spiro atoms. The first-order chi connectivity index (χ1) is 9.19. The molecule has 0 atom stereocenters. The average molecular weight is 281 g/mol. The first-order valence-electron chi connectivity index (χ1n) is 7.11. The van der Waals surface area contributed by atoms with E-state index in [2.05, 4.69) is 17.2 Å². The van der Waals surface area contributed by atoms with Crippen LogP contribution in [0.5, 0.6) is 0 Å². The van der Waals surface area contributed by atoms with Crippen LogP contribution in [0.25, 0.3) is 0 Å². The maximum Gasteiger partial charge on any atom is 0.253 e. The second-order valence-corrected chi connectivity index (χ2v) is 5.74. The minimum atomic E-state index is -0.0388. The molecule has 1 N–H and O–H groups in total. The van der Waals surface area contributed by atoms with Crippen molar-refractivity contribution in [3.8, 4) is 0 Å². The molecule has 0 aliphatic heterocycles. The van der Waals surface area contributed by atoms with E-state index >= 15 is 0 Å². The monoisotopic (exact) mass is 280 g/mol. The molecule has 0 bridgehead atoms. The number of nitrogens with zero attached hydrogens (tertiary/aromatic N) is 1. The zero-order valence-corrected chi connectivity index (χ0v) is 12.1. The molecule has 4 heteroatoms. The largest absolute Gasteiger partial charge is 0.349 e. The van der Waals surface area contributed by atoms with E-state index in [4.69, 9.17) is 11.6 Å². The van der Waals surface area contributed by atoms with Crippen LogP contribution in [0.15, 0.2) is 18.3 Å². The van der Waals surface area contributed by atoms with Crippen molar-refractivity contribution >= 4 is 17.5 Å². The summed E-state index contributed by atoms with van der Waals surface area (Å²) in [6.07, 6.45) is 8.77. The predicted molar refractivity (Wildman–Crippen MR) is 77.4 cm³/mol. The Morgan fingerprint density at radius 1 is 1.37 bits per heavy atom. The SMILES string of the molecule is CCCC1CCC(NC(=O)c2ccc(Cl)nc2)CC1. The molecule has 1 amide bonds. The highest BCUT2D eigenvalue weighted by molar-refractivity contribution is 6.29. The predicted octanol–water partition coefficient (Wildman–Crippen LogP) is 3.82. The number of rotatable bonds is 4. The molecule has 104 valence electrons. The van der Waals surface area contributed by atoms with E-state index in [-0.39, 0.29) is 5.91 Å². The molecule has 1 saturated carbocycles. The molecule has 0 unspecified atom stereocenters. The fourth-order valence-electron chi connectivity index (χ4n) is 2.78. The van der Waals surface area contributed by atoms with Gasteiger partial charge in [-0.1, -0.05) is 31.4 Å². The number of aromatic nitrogens is 1. The van der Waals surface area contributed by atoms with Gasteiger partial charge in [0, 0.05) is 12.2 Å². The van der Waals surface area contributed by atoms with E-state index < -0.39 is 0 Å². The second-order valence-electron chi connectivity index (χ2n) is 5.35. The van der Waals surface area contributed by atoms with Crippen molar-refractivity contribution in [2.24, 2.45) is 5.92 Å². The number of amides is 1. The summed E-state index contributed by atoms with van der Waals surface area (Å²) in [5, 5.41) is 3.51. The molecule has 0 radical (unpaired) electrons. The molecule has 1 aliphatic rings. The fraction of sp³-hybridized carbons (Fsp3) is 0.600. The highest BCUT2D eigenvalue weighted by Crippen LogP contribution is 2.27. The van der Waals surface area contributed by atoms with E-state index in [1.54, 1.807) is 12.1 Å². The molecular formula is C15H21ClN2O. The molecule has 1 heterocycles. The molecule has 3 nitrogen and oxygen atoms in total. The van der Waals surface area contributed by atoms with Gasteiger partial charge in [-0.3, -0.25) is 4.79 Å². The van der Waals surface area contributed by atoms with Crippen LogP contribution < -0.4 is 5.32 Å². The number of carbonyl (C=O) groups excluding carboxylic acids is 1. The number of nitrogens with one attached hydrogen (secondary N) is 1. The highest BCUT2D eigenvalue weighted by atomic mass is 35.5. The molecule has 1 aromatic rings. The summed E-state index contributed by atoms with van der Waals surface area (Å²) >= 11 is 5.71. The lowest BCUT2D eigenvalue weighted by Gasteiger charge is -2.28. The van der Waals surface area contributed by atoms with Crippen molar-refractivity contribution < 1.29 is 4.79 Å². The van der Waals surface area contributed by atoms with Crippen molar-refractivity contribution in [2.45, 2.75) is 51.5 Å². The minimum absolute atomic E-state index is 0.0388. The quantitative estimate of drug-likeness (QED) is 0.852. The van der Waals surface area contributed by atoms with Gasteiger partial charge < -0.3 is 5.32 Å². The Balaban J connectivity index is 1.82. The van der Waals surface area contributed by atoms with Gasteiger partial charge in [0.05, 0.1) is 5.56 Å². The Bertz CT molecular complexity index is 411. The third kappa shape index (κ3) is 4.20. The first-order valence-corrected chi connectivity index (χ1v) is 7.49. The molecule has 1 aromatic heterocycles. The first kappa shape index (κ1) is 14.3. The van der Waals surface area contributed by atoms with E-state index in [1.165, 1.54) is 31.9 Å². The van der Waals surface area contributed by atoms with Crippen molar-refractivity contribution in [1.82, 2.24) is 10.3 Å². The van der Waals surface area contributed by atoms with Gasteiger partial charge in [0.25, 0.3) is 5.91 Å². The van der Waals surface area contributed by atoms with E-state index in [0.29, 0.717) is 16.8 Å².